The van der Waals surface area contributed by atoms with Crippen LogP contribution in [0.3, 0.4) is 0 Å². The van der Waals surface area contributed by atoms with Gasteiger partial charge in [0, 0.05) is 18.7 Å². The highest BCUT2D eigenvalue weighted by Gasteiger charge is 2.08. The second kappa shape index (κ2) is 5.47. The Balaban J connectivity index is 2.58. The van der Waals surface area contributed by atoms with Crippen LogP contribution in [0.25, 0.3) is 0 Å². The molecule has 1 N–H and O–H groups in total. The molecule has 16 heavy (non-hydrogen) atoms. The van der Waals surface area contributed by atoms with Gasteiger partial charge in [-0.3, -0.25) is 4.90 Å². The summed E-state index contributed by atoms with van der Waals surface area (Å²) in [6.07, 6.45) is 0. The minimum Gasteiger partial charge on any atom is -0.478 e. The van der Waals surface area contributed by atoms with E-state index in [1.165, 1.54) is 11.1 Å². The monoisotopic (exact) mass is 219 g/mol. The molecular weight excluding hydrogens is 202 g/mol. The minimum atomic E-state index is -0.934. The number of likely N-dealkylation sites (N-methyl/N-ethyl adjacent to an activating group) is 1. The molecular formula is C13H17NO2. The van der Waals surface area contributed by atoms with Gasteiger partial charge in [0.2, 0.25) is 0 Å². The molecule has 0 radical (unpaired) electrons. The maximum Gasteiger partial charge on any atom is 0.332 e. The molecule has 0 aromatic heterocycles. The number of hydrogen-bond acceptors (Lipinski definition) is 2. The molecule has 0 bridgehead atoms. The Hall–Kier alpha value is -1.61. The largest absolute Gasteiger partial charge is 0.478 e. The molecule has 0 heterocycles. The van der Waals surface area contributed by atoms with Crippen LogP contribution in [0.2, 0.25) is 0 Å². The van der Waals surface area contributed by atoms with Crippen molar-refractivity contribution in [3.8, 4) is 0 Å². The summed E-state index contributed by atoms with van der Waals surface area (Å²) >= 11 is 0. The standard InChI is InChI=1S/C13H17NO2/c1-10-6-4-5-7-12(10)9-14(3)8-11(2)13(15)16/h4-7H,2,8-9H2,1,3H3,(H,15,16). The highest BCUT2D eigenvalue weighted by Crippen LogP contribution is 2.10. The van der Waals surface area contributed by atoms with Gasteiger partial charge in [-0.1, -0.05) is 30.8 Å². The van der Waals surface area contributed by atoms with Gasteiger partial charge in [0.05, 0.1) is 0 Å². The van der Waals surface area contributed by atoms with Gasteiger partial charge in [0.15, 0.2) is 0 Å². The zero-order valence-electron chi connectivity index (χ0n) is 9.73. The van der Waals surface area contributed by atoms with E-state index in [4.69, 9.17) is 5.11 Å². The van der Waals surface area contributed by atoms with Crippen LogP contribution in [0.1, 0.15) is 11.1 Å². The molecule has 0 spiro atoms. The SMILES string of the molecule is C=C(CN(C)Cc1ccccc1C)C(=O)O. The summed E-state index contributed by atoms with van der Waals surface area (Å²) in [6, 6.07) is 8.09. The second-order valence-electron chi connectivity index (χ2n) is 4.01. The number of carbonyl (C=O) groups is 1. The number of rotatable bonds is 5. The van der Waals surface area contributed by atoms with E-state index in [-0.39, 0.29) is 5.57 Å². The van der Waals surface area contributed by atoms with Crippen molar-refractivity contribution in [2.45, 2.75) is 13.5 Å². The van der Waals surface area contributed by atoms with Crippen LogP contribution in [-0.2, 0) is 11.3 Å². The molecule has 0 unspecified atom stereocenters. The van der Waals surface area contributed by atoms with Gasteiger partial charge in [0.25, 0.3) is 0 Å². The minimum absolute atomic E-state index is 0.219. The molecule has 0 aliphatic carbocycles. The predicted octanol–water partition coefficient (Wildman–Crippen LogP) is 2.07. The lowest BCUT2D eigenvalue weighted by atomic mass is 10.1. The van der Waals surface area contributed by atoms with Crippen LogP contribution in [0.15, 0.2) is 36.4 Å². The number of carboxylic acids is 1. The predicted molar refractivity (Wildman–Crippen MR) is 64.3 cm³/mol. The van der Waals surface area contributed by atoms with E-state index in [0.717, 1.165) is 6.54 Å². The first-order valence-electron chi connectivity index (χ1n) is 5.15. The summed E-state index contributed by atoms with van der Waals surface area (Å²) in [4.78, 5) is 12.6. The summed E-state index contributed by atoms with van der Waals surface area (Å²) in [5, 5.41) is 8.73. The molecule has 0 amide bonds. The van der Waals surface area contributed by atoms with E-state index in [9.17, 15) is 4.79 Å². The fourth-order valence-corrected chi connectivity index (χ4v) is 1.53. The topological polar surface area (TPSA) is 40.5 Å². The van der Waals surface area contributed by atoms with Crippen molar-refractivity contribution in [1.82, 2.24) is 4.90 Å². The van der Waals surface area contributed by atoms with E-state index in [2.05, 4.69) is 25.6 Å². The molecule has 0 aliphatic rings. The van der Waals surface area contributed by atoms with Crippen LogP contribution in [0.5, 0.6) is 0 Å². The van der Waals surface area contributed by atoms with Crippen LogP contribution < -0.4 is 0 Å². The summed E-state index contributed by atoms with van der Waals surface area (Å²) in [6.45, 7) is 6.68. The zero-order valence-corrected chi connectivity index (χ0v) is 9.73. The highest BCUT2D eigenvalue weighted by atomic mass is 16.4. The van der Waals surface area contributed by atoms with Crippen molar-refractivity contribution in [3.05, 3.63) is 47.5 Å². The third-order valence-electron chi connectivity index (χ3n) is 2.46. The van der Waals surface area contributed by atoms with Gasteiger partial charge >= 0.3 is 5.97 Å². The van der Waals surface area contributed by atoms with Crippen molar-refractivity contribution in [3.63, 3.8) is 0 Å². The average Bonchev–Trinajstić information content (AvgIpc) is 2.21. The number of aryl methyl sites for hydroxylation is 1. The van der Waals surface area contributed by atoms with Gasteiger partial charge in [-0.25, -0.2) is 4.79 Å². The molecule has 1 rings (SSSR count). The maximum absolute atomic E-state index is 10.6. The highest BCUT2D eigenvalue weighted by molar-refractivity contribution is 5.86. The normalized spacial score (nSPS) is 10.4. The van der Waals surface area contributed by atoms with Gasteiger partial charge in [0.1, 0.15) is 0 Å². The summed E-state index contributed by atoms with van der Waals surface area (Å²) < 4.78 is 0. The third-order valence-corrected chi connectivity index (χ3v) is 2.46. The molecule has 1 aromatic carbocycles. The molecule has 0 atom stereocenters. The van der Waals surface area contributed by atoms with Crippen molar-refractivity contribution in [2.75, 3.05) is 13.6 Å². The molecule has 1 aromatic rings. The number of carboxylic acid groups (broad SMARTS) is 1. The number of benzene rings is 1. The Bertz CT molecular complexity index is 399. The van der Waals surface area contributed by atoms with Gasteiger partial charge in [-0.2, -0.15) is 0 Å². The van der Waals surface area contributed by atoms with Crippen LogP contribution in [0, 0.1) is 6.92 Å². The van der Waals surface area contributed by atoms with Gasteiger partial charge in [-0.15, -0.1) is 0 Å². The fourth-order valence-electron chi connectivity index (χ4n) is 1.53. The molecule has 3 nitrogen and oxygen atoms in total. The van der Waals surface area contributed by atoms with Crippen molar-refractivity contribution < 1.29 is 9.90 Å². The first kappa shape index (κ1) is 12.5. The van der Waals surface area contributed by atoms with Crippen molar-refractivity contribution in [2.24, 2.45) is 0 Å². The summed E-state index contributed by atoms with van der Waals surface area (Å²) in [7, 11) is 1.89. The Morgan fingerprint density at radius 1 is 1.44 bits per heavy atom. The number of aliphatic carboxylic acids is 1. The van der Waals surface area contributed by atoms with Crippen LogP contribution >= 0.6 is 0 Å². The Labute approximate surface area is 96.0 Å². The lowest BCUT2D eigenvalue weighted by Gasteiger charge is -2.17. The molecule has 0 fully saturated rings. The van der Waals surface area contributed by atoms with E-state index >= 15 is 0 Å². The zero-order chi connectivity index (χ0) is 12.1. The first-order chi connectivity index (χ1) is 7.50. The van der Waals surface area contributed by atoms with Crippen molar-refractivity contribution >= 4 is 5.97 Å². The Kier molecular flexibility index (Phi) is 4.26. The molecule has 0 saturated heterocycles. The van der Waals surface area contributed by atoms with E-state index < -0.39 is 5.97 Å². The first-order valence-corrected chi connectivity index (χ1v) is 5.15. The van der Waals surface area contributed by atoms with E-state index in [1.54, 1.807) is 0 Å². The molecule has 0 aliphatic heterocycles. The molecule has 0 saturated carbocycles. The summed E-state index contributed by atoms with van der Waals surface area (Å²) in [5.41, 5.74) is 2.65. The maximum atomic E-state index is 10.6. The Morgan fingerprint density at radius 2 is 2.06 bits per heavy atom. The van der Waals surface area contributed by atoms with Gasteiger partial charge < -0.3 is 5.11 Å². The third kappa shape index (κ3) is 3.51. The lowest BCUT2D eigenvalue weighted by molar-refractivity contribution is -0.132. The lowest BCUT2D eigenvalue weighted by Crippen LogP contribution is -2.23. The summed E-state index contributed by atoms with van der Waals surface area (Å²) in [5.74, 6) is -0.934. The number of nitrogens with zero attached hydrogens (tertiary/aromatic N) is 1. The number of hydrogen-bond donors (Lipinski definition) is 1. The van der Waals surface area contributed by atoms with Crippen molar-refractivity contribution in [1.29, 1.82) is 0 Å². The second-order valence-corrected chi connectivity index (χ2v) is 4.01. The van der Waals surface area contributed by atoms with Crippen LogP contribution in [-0.4, -0.2) is 29.6 Å². The fraction of sp³-hybridized carbons (Fsp3) is 0.308. The van der Waals surface area contributed by atoms with E-state index in [1.807, 2.05) is 24.1 Å². The van der Waals surface area contributed by atoms with E-state index in [0.29, 0.717) is 6.54 Å². The quantitative estimate of drug-likeness (QED) is 0.771. The Morgan fingerprint density at radius 3 is 2.62 bits per heavy atom. The molecule has 3 heteroatoms. The van der Waals surface area contributed by atoms with Gasteiger partial charge in [-0.05, 0) is 25.1 Å². The van der Waals surface area contributed by atoms with Crippen LogP contribution in [0.4, 0.5) is 0 Å². The molecule has 86 valence electrons. The average molecular weight is 219 g/mol. The smallest absolute Gasteiger partial charge is 0.332 e.